The van der Waals surface area contributed by atoms with E-state index >= 15 is 0 Å². The number of anilines is 1. The van der Waals surface area contributed by atoms with Gasteiger partial charge in [-0.15, -0.1) is 0 Å². The minimum absolute atomic E-state index is 0.629. The molecular weight excluding hydrogens is 364 g/mol. The maximum atomic E-state index is 11.8. The van der Waals surface area contributed by atoms with Gasteiger partial charge in [-0.05, 0) is 36.2 Å². The molecule has 0 bridgehead atoms. The molecule has 0 unspecified atom stereocenters. The molecule has 1 N–H and O–H groups in total. The molecule has 0 atom stereocenters. The number of benzene rings is 2. The quantitative estimate of drug-likeness (QED) is 0.175. The molecule has 0 radical (unpaired) electrons. The third-order valence-corrected chi connectivity index (χ3v) is 4.50. The van der Waals surface area contributed by atoms with Gasteiger partial charge in [0.05, 0.1) is 12.8 Å². The van der Waals surface area contributed by atoms with Crippen LogP contribution in [-0.4, -0.2) is 18.9 Å². The summed E-state index contributed by atoms with van der Waals surface area (Å²) in [5.74, 6) is 0.800. The van der Waals surface area contributed by atoms with Crippen LogP contribution in [0.2, 0.25) is 0 Å². The van der Waals surface area contributed by atoms with Gasteiger partial charge in [0, 0.05) is 5.69 Å². The van der Waals surface area contributed by atoms with Gasteiger partial charge in [-0.1, -0.05) is 87.4 Å². The van der Waals surface area contributed by atoms with E-state index in [4.69, 9.17) is 9.57 Å². The zero-order chi connectivity index (χ0) is 20.6. The molecule has 156 valence electrons. The molecule has 0 heterocycles. The van der Waals surface area contributed by atoms with Crippen molar-refractivity contribution >= 4 is 18.0 Å². The number of ether oxygens (including phenoxy) is 1. The van der Waals surface area contributed by atoms with E-state index in [1.807, 2.05) is 42.5 Å². The van der Waals surface area contributed by atoms with Crippen LogP contribution >= 0.6 is 0 Å². The van der Waals surface area contributed by atoms with Crippen molar-refractivity contribution in [3.63, 3.8) is 0 Å². The highest BCUT2D eigenvalue weighted by Gasteiger charge is 2.03. The topological polar surface area (TPSA) is 59.9 Å². The van der Waals surface area contributed by atoms with Gasteiger partial charge in [0.2, 0.25) is 0 Å². The van der Waals surface area contributed by atoms with E-state index in [-0.39, 0.29) is 0 Å². The highest BCUT2D eigenvalue weighted by Crippen LogP contribution is 2.17. The average molecular weight is 397 g/mol. The summed E-state index contributed by atoms with van der Waals surface area (Å²) in [5, 5.41) is 6.31. The van der Waals surface area contributed by atoms with E-state index in [1.165, 1.54) is 51.2 Å². The van der Waals surface area contributed by atoms with Crippen molar-refractivity contribution in [3.05, 3.63) is 60.2 Å². The summed E-state index contributed by atoms with van der Waals surface area (Å²) in [4.78, 5) is 16.6. The van der Waals surface area contributed by atoms with Crippen LogP contribution in [0.4, 0.5) is 10.5 Å². The Hall–Kier alpha value is -2.82. The molecule has 1 amide bonds. The molecule has 0 aliphatic heterocycles. The molecule has 2 aromatic rings. The Balaban J connectivity index is 1.58. The maximum absolute atomic E-state index is 11.8. The Morgan fingerprint density at radius 3 is 2.24 bits per heavy atom. The summed E-state index contributed by atoms with van der Waals surface area (Å²) in [6, 6.07) is 16.7. The van der Waals surface area contributed by atoms with E-state index in [2.05, 4.69) is 17.4 Å². The van der Waals surface area contributed by atoms with E-state index in [0.29, 0.717) is 5.69 Å². The largest absolute Gasteiger partial charge is 0.494 e. The van der Waals surface area contributed by atoms with Crippen LogP contribution in [0, 0.1) is 0 Å². The molecule has 0 saturated heterocycles. The Kier molecular flexibility index (Phi) is 11.0. The Bertz CT molecular complexity index is 715. The Morgan fingerprint density at radius 1 is 0.897 bits per heavy atom. The second kappa shape index (κ2) is 14.2. The number of hydrogen-bond acceptors (Lipinski definition) is 4. The fourth-order valence-electron chi connectivity index (χ4n) is 2.88. The average Bonchev–Trinajstić information content (AvgIpc) is 2.74. The number of amides is 1. The molecule has 2 rings (SSSR count). The van der Waals surface area contributed by atoms with E-state index in [0.717, 1.165) is 24.3 Å². The first-order valence-corrected chi connectivity index (χ1v) is 10.6. The summed E-state index contributed by atoms with van der Waals surface area (Å²) >= 11 is 0. The monoisotopic (exact) mass is 396 g/mol. The zero-order valence-corrected chi connectivity index (χ0v) is 17.3. The molecule has 29 heavy (non-hydrogen) atoms. The van der Waals surface area contributed by atoms with Crippen molar-refractivity contribution in [2.24, 2.45) is 5.16 Å². The van der Waals surface area contributed by atoms with Gasteiger partial charge in [0.15, 0.2) is 0 Å². The first-order chi connectivity index (χ1) is 14.3. The number of hydrogen-bond donors (Lipinski definition) is 1. The molecule has 0 aliphatic carbocycles. The fraction of sp³-hybridized carbons (Fsp3) is 0.417. The molecule has 5 heteroatoms. The number of rotatable bonds is 13. The number of nitrogens with zero attached hydrogens (tertiary/aromatic N) is 1. The van der Waals surface area contributed by atoms with Gasteiger partial charge in [-0.25, -0.2) is 4.79 Å². The van der Waals surface area contributed by atoms with Gasteiger partial charge < -0.3 is 4.74 Å². The molecule has 0 spiro atoms. The number of carbonyl (C=O) groups is 1. The maximum Gasteiger partial charge on any atom is 0.437 e. The first-order valence-electron chi connectivity index (χ1n) is 10.6. The number of nitrogens with one attached hydrogen (secondary N) is 1. The van der Waals surface area contributed by atoms with Gasteiger partial charge >= 0.3 is 6.09 Å². The molecule has 2 aromatic carbocycles. The highest BCUT2D eigenvalue weighted by molar-refractivity contribution is 5.85. The molecule has 0 saturated carbocycles. The summed E-state index contributed by atoms with van der Waals surface area (Å²) < 4.78 is 5.76. The number of unbranched alkanes of at least 4 members (excludes halogenated alkanes) is 7. The number of carbonyl (C=O) groups excluding carboxylic acids is 1. The van der Waals surface area contributed by atoms with Crippen molar-refractivity contribution in [1.29, 1.82) is 0 Å². The Morgan fingerprint density at radius 2 is 1.55 bits per heavy atom. The predicted octanol–water partition coefficient (Wildman–Crippen LogP) is 6.79. The van der Waals surface area contributed by atoms with Crippen molar-refractivity contribution < 1.29 is 14.4 Å². The second-order valence-corrected chi connectivity index (χ2v) is 7.00. The minimum atomic E-state index is -0.634. The van der Waals surface area contributed by atoms with Gasteiger partial charge in [0.1, 0.15) is 5.75 Å². The van der Waals surface area contributed by atoms with Crippen molar-refractivity contribution in [2.45, 2.75) is 58.3 Å². The van der Waals surface area contributed by atoms with E-state index in [9.17, 15) is 4.79 Å². The lowest BCUT2D eigenvalue weighted by molar-refractivity contribution is 0.167. The zero-order valence-electron chi connectivity index (χ0n) is 17.3. The van der Waals surface area contributed by atoms with Crippen LogP contribution in [0.1, 0.15) is 63.9 Å². The second-order valence-electron chi connectivity index (χ2n) is 7.00. The van der Waals surface area contributed by atoms with Crippen LogP contribution in [0.3, 0.4) is 0 Å². The van der Waals surface area contributed by atoms with Crippen molar-refractivity contribution in [3.8, 4) is 5.75 Å². The fourth-order valence-corrected chi connectivity index (χ4v) is 2.88. The lowest BCUT2D eigenvalue weighted by Gasteiger charge is -2.08. The number of oxime groups is 1. The van der Waals surface area contributed by atoms with Crippen LogP contribution in [0.5, 0.6) is 5.75 Å². The van der Waals surface area contributed by atoms with Crippen LogP contribution in [0.25, 0.3) is 0 Å². The lowest BCUT2D eigenvalue weighted by Crippen LogP contribution is -2.10. The third-order valence-electron chi connectivity index (χ3n) is 4.50. The summed E-state index contributed by atoms with van der Waals surface area (Å²) in [6.07, 6.45) is 11.1. The summed E-state index contributed by atoms with van der Waals surface area (Å²) in [7, 11) is 0. The minimum Gasteiger partial charge on any atom is -0.494 e. The van der Waals surface area contributed by atoms with E-state index < -0.39 is 6.09 Å². The standard InChI is InChI=1S/C24H32N2O3/c1-2-3-4-5-6-7-8-12-19-28-23-17-15-22(16-18-23)26-24(27)29-25-20-21-13-10-9-11-14-21/h9-11,13-18,20H,2-8,12,19H2,1H3,(H,26,27)/b25-20+. The van der Waals surface area contributed by atoms with Crippen molar-refractivity contribution in [1.82, 2.24) is 0 Å². The van der Waals surface area contributed by atoms with Gasteiger partial charge in [-0.2, -0.15) is 0 Å². The highest BCUT2D eigenvalue weighted by atomic mass is 16.7. The van der Waals surface area contributed by atoms with Crippen molar-refractivity contribution in [2.75, 3.05) is 11.9 Å². The smallest absolute Gasteiger partial charge is 0.437 e. The van der Waals surface area contributed by atoms with E-state index in [1.54, 1.807) is 12.1 Å². The molecule has 0 aromatic heterocycles. The third kappa shape index (κ3) is 10.3. The predicted molar refractivity (Wildman–Crippen MR) is 119 cm³/mol. The summed E-state index contributed by atoms with van der Waals surface area (Å²) in [6.45, 7) is 2.96. The molecule has 5 nitrogen and oxygen atoms in total. The van der Waals surface area contributed by atoms with Crippen LogP contribution in [0.15, 0.2) is 59.8 Å². The van der Waals surface area contributed by atoms with Gasteiger partial charge in [0.25, 0.3) is 0 Å². The molecule has 0 aliphatic rings. The first kappa shape index (κ1) is 22.5. The summed E-state index contributed by atoms with van der Waals surface area (Å²) in [5.41, 5.74) is 1.49. The van der Waals surface area contributed by atoms with Crippen LogP contribution < -0.4 is 10.1 Å². The lowest BCUT2D eigenvalue weighted by atomic mass is 10.1. The molecule has 0 fully saturated rings. The SMILES string of the molecule is CCCCCCCCCCOc1ccc(NC(=O)O/N=C/c2ccccc2)cc1. The van der Waals surface area contributed by atoms with Crippen LogP contribution in [-0.2, 0) is 4.84 Å². The normalized spacial score (nSPS) is 10.8. The Labute approximate surface area is 174 Å². The molecular formula is C24H32N2O3. The van der Waals surface area contributed by atoms with Gasteiger partial charge in [-0.3, -0.25) is 10.2 Å².